The first-order valence-corrected chi connectivity index (χ1v) is 13.2. The zero-order chi connectivity index (χ0) is 27.1. The van der Waals surface area contributed by atoms with Crippen LogP contribution in [0.25, 0.3) is 23.8 Å². The predicted molar refractivity (Wildman–Crippen MR) is 156 cm³/mol. The zero-order valence-corrected chi connectivity index (χ0v) is 23.0. The van der Waals surface area contributed by atoms with Gasteiger partial charge in [0.05, 0.1) is 32.0 Å². The van der Waals surface area contributed by atoms with Gasteiger partial charge in [-0.3, -0.25) is 0 Å². The van der Waals surface area contributed by atoms with Crippen molar-refractivity contribution in [3.63, 3.8) is 0 Å². The topological polar surface area (TPSA) is 90.4 Å². The van der Waals surface area contributed by atoms with Gasteiger partial charge in [-0.15, -0.1) is 0 Å². The number of anilines is 2. The number of rotatable bonds is 9. The Bertz CT molecular complexity index is 1450. The van der Waals surface area contributed by atoms with Crippen LogP contribution in [0, 0.1) is 11.3 Å². The Hall–Kier alpha value is -3.80. The Kier molecular flexibility index (Phi) is 9.06. The Morgan fingerprint density at radius 1 is 1.26 bits per heavy atom. The maximum absolute atomic E-state index is 12.7. The van der Waals surface area contributed by atoms with Crippen LogP contribution in [-0.4, -0.2) is 50.4 Å². The number of aromatic nitrogens is 1. The van der Waals surface area contributed by atoms with E-state index < -0.39 is 12.0 Å². The molecule has 1 atom stereocenters. The van der Waals surface area contributed by atoms with Crippen molar-refractivity contribution in [3.8, 4) is 17.2 Å². The number of nitrogens with one attached hydrogen (secondary N) is 2. The van der Waals surface area contributed by atoms with E-state index >= 15 is 0 Å². The third-order valence-electron chi connectivity index (χ3n) is 6.58. The zero-order valence-electron chi connectivity index (χ0n) is 21.4. The summed E-state index contributed by atoms with van der Waals surface area (Å²) in [4.78, 5) is 18.1. The van der Waals surface area contributed by atoms with Crippen LogP contribution >= 0.6 is 15.9 Å². The Balaban J connectivity index is 1.52. The van der Waals surface area contributed by atoms with Crippen molar-refractivity contribution in [2.24, 2.45) is 0 Å². The molecular formula is C30H31BrN4O3. The number of aromatic amines is 1. The summed E-state index contributed by atoms with van der Waals surface area (Å²) < 4.78 is 11.2. The maximum Gasteiger partial charge on any atom is 0.339 e. The molecule has 0 aliphatic carbocycles. The third-order valence-corrected chi connectivity index (χ3v) is 6.81. The highest BCUT2D eigenvalue weighted by Crippen LogP contribution is 2.29. The highest BCUT2D eigenvalue weighted by Gasteiger charge is 2.18. The minimum absolute atomic E-state index is 0.383. The molecule has 7 nitrogen and oxygen atoms in total. The minimum Gasteiger partial charge on any atom is -0.465 e. The van der Waals surface area contributed by atoms with E-state index in [1.807, 2.05) is 30.5 Å². The molecule has 4 rings (SSSR count). The van der Waals surface area contributed by atoms with Crippen molar-refractivity contribution in [1.82, 2.24) is 4.98 Å². The first-order chi connectivity index (χ1) is 18.4. The van der Waals surface area contributed by atoms with Crippen molar-refractivity contribution >= 4 is 45.9 Å². The Morgan fingerprint density at radius 2 is 1.97 bits per heavy atom. The summed E-state index contributed by atoms with van der Waals surface area (Å²) in [5.74, 6) is -0.462. The highest BCUT2D eigenvalue weighted by molar-refractivity contribution is 9.12. The Labute approximate surface area is 231 Å². The molecule has 2 N–H and O–H groups in total. The molecule has 38 heavy (non-hydrogen) atoms. The van der Waals surface area contributed by atoms with Crippen LogP contribution in [0.2, 0.25) is 0 Å². The number of aryl methyl sites for hydroxylation is 1. The lowest BCUT2D eigenvalue weighted by Crippen LogP contribution is -2.36. The lowest BCUT2D eigenvalue weighted by atomic mass is 10.00. The number of H-pyrrole nitrogens is 1. The van der Waals surface area contributed by atoms with E-state index in [1.54, 1.807) is 0 Å². The number of nitriles is 1. The normalized spacial score (nSPS) is 14.6. The quantitative estimate of drug-likeness (QED) is 0.369. The fourth-order valence-electron chi connectivity index (χ4n) is 4.54. The molecule has 1 saturated heterocycles. The van der Waals surface area contributed by atoms with Crippen LogP contribution in [0.5, 0.6) is 0 Å². The number of carbonyl (C=O) groups excluding carboxylic acids is 1. The molecular weight excluding hydrogens is 544 g/mol. The largest absolute Gasteiger partial charge is 0.465 e. The third kappa shape index (κ3) is 6.55. The molecule has 1 fully saturated rings. The average molecular weight is 576 g/mol. The van der Waals surface area contributed by atoms with E-state index in [4.69, 9.17) is 9.47 Å². The maximum atomic E-state index is 12.7. The van der Waals surface area contributed by atoms with Gasteiger partial charge in [0, 0.05) is 45.7 Å². The van der Waals surface area contributed by atoms with Gasteiger partial charge in [-0.2, -0.15) is 5.26 Å². The van der Waals surface area contributed by atoms with Gasteiger partial charge in [-0.1, -0.05) is 47.3 Å². The van der Waals surface area contributed by atoms with Gasteiger partial charge < -0.3 is 24.7 Å². The van der Waals surface area contributed by atoms with Gasteiger partial charge in [0.1, 0.15) is 6.04 Å². The summed E-state index contributed by atoms with van der Waals surface area (Å²) in [6.07, 6.45) is 4.99. The van der Waals surface area contributed by atoms with Crippen molar-refractivity contribution < 1.29 is 14.3 Å². The summed E-state index contributed by atoms with van der Waals surface area (Å²) in [5.41, 5.74) is 5.02. The number of allylic oxidation sites excluding steroid dienone is 1. The van der Waals surface area contributed by atoms with Gasteiger partial charge >= 0.3 is 5.97 Å². The summed E-state index contributed by atoms with van der Waals surface area (Å²) >= 11 is 3.37. The number of hydrogen-bond acceptors (Lipinski definition) is 6. The number of morpholine rings is 1. The van der Waals surface area contributed by atoms with Crippen LogP contribution in [0.3, 0.4) is 0 Å². The molecule has 0 radical (unpaired) electrons. The first kappa shape index (κ1) is 27.2. The fourth-order valence-corrected chi connectivity index (χ4v) is 4.77. The molecule has 196 valence electrons. The van der Waals surface area contributed by atoms with E-state index in [9.17, 15) is 10.1 Å². The molecule has 0 saturated carbocycles. The van der Waals surface area contributed by atoms with Crippen molar-refractivity contribution in [1.29, 1.82) is 5.26 Å². The number of carbonyl (C=O) groups is 1. The number of ether oxygens (including phenoxy) is 2. The molecule has 2 heterocycles. The number of methoxy groups -OCH3 is 1. The van der Waals surface area contributed by atoms with E-state index in [0.29, 0.717) is 24.1 Å². The van der Waals surface area contributed by atoms with E-state index in [0.717, 1.165) is 63.7 Å². The molecule has 3 aromatic rings. The lowest BCUT2D eigenvalue weighted by molar-refractivity contribution is 0.0602. The number of hydrogen-bond donors (Lipinski definition) is 2. The highest BCUT2D eigenvalue weighted by atomic mass is 79.9. The molecule has 1 aliphatic heterocycles. The van der Waals surface area contributed by atoms with Crippen LogP contribution < -0.4 is 20.8 Å². The molecule has 2 aromatic carbocycles. The minimum atomic E-state index is -0.514. The number of halogens is 1. The second kappa shape index (κ2) is 12.6. The monoisotopic (exact) mass is 574 g/mol. The summed E-state index contributed by atoms with van der Waals surface area (Å²) in [6.45, 7) is 11.1. The average Bonchev–Trinajstić information content (AvgIpc) is 3.29. The van der Waals surface area contributed by atoms with Gasteiger partial charge in [0.2, 0.25) is 0 Å². The first-order valence-electron chi connectivity index (χ1n) is 12.4. The number of esters is 1. The second-order valence-corrected chi connectivity index (χ2v) is 10.1. The Morgan fingerprint density at radius 3 is 2.63 bits per heavy atom. The summed E-state index contributed by atoms with van der Waals surface area (Å²) in [6, 6.07) is 15.7. The van der Waals surface area contributed by atoms with Gasteiger partial charge in [-0.25, -0.2) is 4.79 Å². The number of benzene rings is 2. The molecule has 8 heteroatoms. The number of nitrogens with zero attached hydrogens (tertiary/aromatic N) is 2. The van der Waals surface area contributed by atoms with Crippen molar-refractivity contribution in [2.45, 2.75) is 18.9 Å². The molecule has 1 aliphatic rings. The molecule has 0 bridgehead atoms. The van der Waals surface area contributed by atoms with Gasteiger partial charge in [-0.05, 0) is 59.9 Å². The van der Waals surface area contributed by atoms with Crippen molar-refractivity contribution in [2.75, 3.05) is 43.6 Å². The molecule has 1 unspecified atom stereocenters. The molecule has 1 aromatic heterocycles. The van der Waals surface area contributed by atoms with Crippen LogP contribution in [0.4, 0.5) is 11.4 Å². The van der Waals surface area contributed by atoms with Gasteiger partial charge in [0.15, 0.2) is 0 Å². The van der Waals surface area contributed by atoms with E-state index in [-0.39, 0.29) is 0 Å². The van der Waals surface area contributed by atoms with E-state index in [1.165, 1.54) is 7.11 Å². The van der Waals surface area contributed by atoms with E-state index in [2.05, 4.69) is 74.6 Å². The second-order valence-electron chi connectivity index (χ2n) is 9.06. The standard InChI is InChI=1S/C30H31BrN4O3/c1-20(31)16-27-21(2)33-19-24(27)4-8-25(18-32)34-29-11-7-23(17-28(29)30(36)37-3)22-5-9-26(10-6-22)35-12-14-38-15-13-35/h5-7,9-11,16-17,19,25,33-34H,1-2,4,8,12-15H2,3H3/b27-16+. The fraction of sp³-hybridized carbons (Fsp3) is 0.267. The summed E-state index contributed by atoms with van der Waals surface area (Å²) in [5, 5.41) is 14.8. The predicted octanol–water partition coefficient (Wildman–Crippen LogP) is 4.34. The molecule has 0 amide bonds. The van der Waals surface area contributed by atoms with Crippen LogP contribution in [-0.2, 0) is 15.9 Å². The molecule has 0 spiro atoms. The van der Waals surface area contributed by atoms with Crippen LogP contribution in [0.1, 0.15) is 22.3 Å². The van der Waals surface area contributed by atoms with Crippen LogP contribution in [0.15, 0.2) is 59.7 Å². The van der Waals surface area contributed by atoms with Crippen molar-refractivity contribution in [3.05, 3.63) is 81.4 Å². The lowest BCUT2D eigenvalue weighted by Gasteiger charge is -2.29. The van der Waals surface area contributed by atoms with Gasteiger partial charge in [0.25, 0.3) is 0 Å². The smallest absolute Gasteiger partial charge is 0.339 e. The summed E-state index contributed by atoms with van der Waals surface area (Å²) in [7, 11) is 1.36. The SMILES string of the molecule is C=C(Br)/C=c1/c(CCC(C#N)Nc2ccc(-c3ccc(N4CCOCC4)cc3)cc2C(=O)OC)c[nH]c1=C.